The minimum absolute atomic E-state index is 0.0887. The molecule has 1 aliphatic heterocycles. The highest BCUT2D eigenvalue weighted by molar-refractivity contribution is 7.99. The molecule has 3 rings (SSSR count). The zero-order valence-corrected chi connectivity index (χ0v) is 12.9. The third-order valence-electron chi connectivity index (χ3n) is 3.79. The smallest absolute Gasteiger partial charge is 0.270 e. The van der Waals surface area contributed by atoms with E-state index < -0.39 is 0 Å². The van der Waals surface area contributed by atoms with Crippen LogP contribution >= 0.6 is 11.8 Å². The Hall–Kier alpha value is -1.75. The molecule has 1 saturated heterocycles. The van der Waals surface area contributed by atoms with Crippen molar-refractivity contribution in [1.29, 1.82) is 0 Å². The van der Waals surface area contributed by atoms with Crippen LogP contribution < -0.4 is 10.6 Å². The van der Waals surface area contributed by atoms with Gasteiger partial charge < -0.3 is 10.6 Å². The highest BCUT2D eigenvalue weighted by Crippen LogP contribution is 2.23. The number of pyridine rings is 1. The van der Waals surface area contributed by atoms with E-state index in [1.54, 1.807) is 0 Å². The number of thioether (sulfide) groups is 1. The van der Waals surface area contributed by atoms with E-state index in [0.29, 0.717) is 11.6 Å². The highest BCUT2D eigenvalue weighted by Gasteiger charge is 2.17. The van der Waals surface area contributed by atoms with Gasteiger partial charge in [-0.25, -0.2) is 4.98 Å². The van der Waals surface area contributed by atoms with E-state index in [0.717, 1.165) is 28.9 Å². The third-order valence-corrected chi connectivity index (χ3v) is 5.02. The average Bonchev–Trinajstić information content (AvgIpc) is 3.04. The molecule has 5 heteroatoms. The molecule has 21 heavy (non-hydrogen) atoms. The van der Waals surface area contributed by atoms with Gasteiger partial charge in [-0.05, 0) is 35.3 Å². The Bertz CT molecular complexity index is 653. The van der Waals surface area contributed by atoms with Crippen molar-refractivity contribution in [2.24, 2.45) is 5.92 Å². The van der Waals surface area contributed by atoms with Crippen LogP contribution in [0.5, 0.6) is 0 Å². The Kier molecular flexibility index (Phi) is 4.29. The summed E-state index contributed by atoms with van der Waals surface area (Å²) in [6, 6.07) is 9.81. The van der Waals surface area contributed by atoms with Gasteiger partial charge >= 0.3 is 0 Å². The van der Waals surface area contributed by atoms with Gasteiger partial charge in [0.15, 0.2) is 0 Å². The number of anilines is 1. The van der Waals surface area contributed by atoms with Gasteiger partial charge in [-0.15, -0.1) is 0 Å². The Labute approximate surface area is 128 Å². The summed E-state index contributed by atoms with van der Waals surface area (Å²) in [5, 5.41) is 8.14. The minimum atomic E-state index is -0.0887. The van der Waals surface area contributed by atoms with E-state index >= 15 is 0 Å². The van der Waals surface area contributed by atoms with Crippen LogP contribution in [0.25, 0.3) is 10.8 Å². The van der Waals surface area contributed by atoms with Crippen LogP contribution in [-0.2, 0) is 0 Å². The molecule has 1 amide bonds. The molecule has 1 aromatic carbocycles. The summed E-state index contributed by atoms with van der Waals surface area (Å²) in [4.78, 5) is 16.7. The highest BCUT2D eigenvalue weighted by atomic mass is 32.2. The zero-order chi connectivity index (χ0) is 14.7. The van der Waals surface area contributed by atoms with Crippen LogP contribution in [0.15, 0.2) is 30.3 Å². The van der Waals surface area contributed by atoms with E-state index in [4.69, 9.17) is 0 Å². The SMILES string of the molecule is CNc1nc(C(=O)NCC2CCSC2)cc2ccccc12. The predicted molar refractivity (Wildman–Crippen MR) is 89.1 cm³/mol. The molecular weight excluding hydrogens is 282 g/mol. The molecule has 0 saturated carbocycles. The Balaban J connectivity index is 1.80. The second-order valence-corrected chi connectivity index (χ2v) is 6.42. The first-order valence-electron chi connectivity index (χ1n) is 7.21. The number of nitrogens with one attached hydrogen (secondary N) is 2. The van der Waals surface area contributed by atoms with E-state index in [2.05, 4.69) is 15.6 Å². The number of amides is 1. The van der Waals surface area contributed by atoms with Gasteiger partial charge in [-0.1, -0.05) is 24.3 Å². The van der Waals surface area contributed by atoms with Gasteiger partial charge in [-0.3, -0.25) is 4.79 Å². The summed E-state index contributed by atoms with van der Waals surface area (Å²) in [6.07, 6.45) is 1.19. The number of benzene rings is 1. The standard InChI is InChI=1S/C16H19N3OS/c1-17-15-13-5-3-2-4-12(13)8-14(19-15)16(20)18-9-11-6-7-21-10-11/h2-5,8,11H,6-7,9-10H2,1H3,(H,17,19)(H,18,20). The van der Waals surface area contributed by atoms with Crippen LogP contribution in [0.2, 0.25) is 0 Å². The molecule has 2 aromatic rings. The van der Waals surface area contributed by atoms with E-state index in [1.165, 1.54) is 12.2 Å². The molecule has 1 fully saturated rings. The molecule has 1 atom stereocenters. The molecule has 1 unspecified atom stereocenters. The first-order valence-corrected chi connectivity index (χ1v) is 8.37. The summed E-state index contributed by atoms with van der Waals surface area (Å²) >= 11 is 1.96. The monoisotopic (exact) mass is 301 g/mol. The van der Waals surface area contributed by atoms with Crippen molar-refractivity contribution in [3.05, 3.63) is 36.0 Å². The Morgan fingerprint density at radius 2 is 2.29 bits per heavy atom. The Morgan fingerprint density at radius 1 is 1.43 bits per heavy atom. The van der Waals surface area contributed by atoms with Crippen molar-refractivity contribution in [3.8, 4) is 0 Å². The number of hydrogen-bond acceptors (Lipinski definition) is 4. The molecule has 4 nitrogen and oxygen atoms in total. The van der Waals surface area contributed by atoms with Crippen LogP contribution in [0.4, 0.5) is 5.82 Å². The average molecular weight is 301 g/mol. The van der Waals surface area contributed by atoms with Crippen molar-refractivity contribution in [1.82, 2.24) is 10.3 Å². The number of rotatable bonds is 4. The summed E-state index contributed by atoms with van der Waals surface area (Å²) in [5.74, 6) is 3.61. The number of nitrogens with zero attached hydrogens (tertiary/aromatic N) is 1. The lowest BCUT2D eigenvalue weighted by Crippen LogP contribution is -2.30. The lowest BCUT2D eigenvalue weighted by atomic mass is 10.1. The second-order valence-electron chi connectivity index (χ2n) is 5.27. The van der Waals surface area contributed by atoms with E-state index in [1.807, 2.05) is 49.1 Å². The number of aromatic nitrogens is 1. The number of carbonyl (C=O) groups excluding carboxylic acids is 1. The van der Waals surface area contributed by atoms with Gasteiger partial charge in [0.2, 0.25) is 0 Å². The van der Waals surface area contributed by atoms with Crippen molar-refractivity contribution < 1.29 is 4.79 Å². The van der Waals surface area contributed by atoms with Gasteiger partial charge in [0.1, 0.15) is 11.5 Å². The fourth-order valence-electron chi connectivity index (χ4n) is 2.58. The van der Waals surface area contributed by atoms with Gasteiger partial charge in [0.25, 0.3) is 5.91 Å². The second kappa shape index (κ2) is 6.35. The first-order chi connectivity index (χ1) is 10.3. The van der Waals surface area contributed by atoms with Crippen molar-refractivity contribution in [2.45, 2.75) is 6.42 Å². The number of fused-ring (bicyclic) bond motifs is 1. The maximum Gasteiger partial charge on any atom is 0.270 e. The fourth-order valence-corrected chi connectivity index (χ4v) is 3.86. The van der Waals surface area contributed by atoms with Crippen LogP contribution in [0, 0.1) is 5.92 Å². The van der Waals surface area contributed by atoms with Crippen LogP contribution in [0.1, 0.15) is 16.9 Å². The number of hydrogen-bond donors (Lipinski definition) is 2. The minimum Gasteiger partial charge on any atom is -0.373 e. The molecule has 0 spiro atoms. The largest absolute Gasteiger partial charge is 0.373 e. The summed E-state index contributed by atoms with van der Waals surface area (Å²) in [6.45, 7) is 0.745. The Morgan fingerprint density at radius 3 is 3.05 bits per heavy atom. The topological polar surface area (TPSA) is 54.0 Å². The molecule has 0 aliphatic carbocycles. The van der Waals surface area contributed by atoms with E-state index in [9.17, 15) is 4.79 Å². The maximum atomic E-state index is 12.3. The summed E-state index contributed by atoms with van der Waals surface area (Å²) < 4.78 is 0. The summed E-state index contributed by atoms with van der Waals surface area (Å²) in [7, 11) is 1.83. The molecule has 1 aliphatic rings. The van der Waals surface area contributed by atoms with Gasteiger partial charge in [0.05, 0.1) is 0 Å². The zero-order valence-electron chi connectivity index (χ0n) is 12.1. The lowest BCUT2D eigenvalue weighted by molar-refractivity contribution is 0.0944. The first kappa shape index (κ1) is 14.2. The summed E-state index contributed by atoms with van der Waals surface area (Å²) in [5.41, 5.74) is 0.476. The van der Waals surface area contributed by atoms with Crippen LogP contribution in [-0.4, -0.2) is 36.0 Å². The molecule has 2 heterocycles. The van der Waals surface area contributed by atoms with Crippen molar-refractivity contribution in [2.75, 3.05) is 30.4 Å². The molecule has 2 N–H and O–H groups in total. The quantitative estimate of drug-likeness (QED) is 0.912. The van der Waals surface area contributed by atoms with Crippen molar-refractivity contribution in [3.63, 3.8) is 0 Å². The number of carbonyl (C=O) groups is 1. The molecule has 0 bridgehead atoms. The normalized spacial score (nSPS) is 17.9. The molecular formula is C16H19N3OS. The van der Waals surface area contributed by atoms with Crippen LogP contribution in [0.3, 0.4) is 0 Å². The van der Waals surface area contributed by atoms with Crippen molar-refractivity contribution >= 4 is 34.3 Å². The lowest BCUT2D eigenvalue weighted by Gasteiger charge is -2.11. The van der Waals surface area contributed by atoms with Gasteiger partial charge in [-0.2, -0.15) is 11.8 Å². The van der Waals surface area contributed by atoms with E-state index in [-0.39, 0.29) is 5.91 Å². The molecule has 0 radical (unpaired) electrons. The molecule has 1 aromatic heterocycles. The molecule has 110 valence electrons. The fraction of sp³-hybridized carbons (Fsp3) is 0.375. The third kappa shape index (κ3) is 3.13. The predicted octanol–water partition coefficient (Wildman–Crippen LogP) is 2.76. The maximum absolute atomic E-state index is 12.3. The van der Waals surface area contributed by atoms with Gasteiger partial charge in [0, 0.05) is 19.0 Å².